The average molecular weight is 423 g/mol. The van der Waals surface area contributed by atoms with Crippen molar-refractivity contribution in [3.05, 3.63) is 57.6 Å². The van der Waals surface area contributed by atoms with Crippen molar-refractivity contribution in [1.29, 1.82) is 0 Å². The Kier molecular flexibility index (Phi) is 6.11. The maximum absolute atomic E-state index is 12.4. The summed E-state index contributed by atoms with van der Waals surface area (Å²) in [6.07, 6.45) is 0. The van der Waals surface area contributed by atoms with Crippen molar-refractivity contribution in [2.75, 3.05) is 12.4 Å². The number of aromatic carboxylic acids is 1. The number of aryl methyl sites for hydroxylation is 1. The van der Waals surface area contributed by atoms with Crippen molar-refractivity contribution < 1.29 is 19.4 Å². The first-order valence-electron chi connectivity index (χ1n) is 7.11. The molecule has 0 spiro atoms. The van der Waals surface area contributed by atoms with Crippen LogP contribution in [0.5, 0.6) is 5.75 Å². The molecule has 2 aromatic rings. The molecule has 0 atom stereocenters. The Morgan fingerprint density at radius 1 is 1.20 bits per heavy atom. The molecule has 0 aliphatic carbocycles. The average Bonchev–Trinajstić information content (AvgIpc) is 2.56. The molecule has 6 nitrogen and oxygen atoms in total. The second-order valence-electron chi connectivity index (χ2n) is 5.09. The summed E-state index contributed by atoms with van der Waals surface area (Å²) in [6, 6.07) is 9.64. The maximum atomic E-state index is 12.4. The van der Waals surface area contributed by atoms with E-state index in [1.807, 2.05) is 0 Å². The quantitative estimate of drug-likeness (QED) is 0.652. The van der Waals surface area contributed by atoms with Crippen LogP contribution >= 0.6 is 28.1 Å². The predicted octanol–water partition coefficient (Wildman–Crippen LogP) is 3.59. The highest BCUT2D eigenvalue weighted by Crippen LogP contribution is 2.23. The van der Waals surface area contributed by atoms with Gasteiger partial charge in [0.1, 0.15) is 5.75 Å². The molecule has 0 aromatic heterocycles. The molecule has 0 bridgehead atoms. The molecule has 0 heterocycles. The van der Waals surface area contributed by atoms with Gasteiger partial charge in [0.25, 0.3) is 5.91 Å². The van der Waals surface area contributed by atoms with E-state index < -0.39 is 11.9 Å². The number of halogens is 1. The molecule has 25 heavy (non-hydrogen) atoms. The van der Waals surface area contributed by atoms with E-state index in [0.717, 1.165) is 4.47 Å². The fourth-order valence-corrected chi connectivity index (χ4v) is 2.68. The lowest BCUT2D eigenvalue weighted by molar-refractivity contribution is 0.0696. The number of amides is 1. The van der Waals surface area contributed by atoms with Gasteiger partial charge in [-0.2, -0.15) is 0 Å². The summed E-state index contributed by atoms with van der Waals surface area (Å²) in [5, 5.41) is 14.5. The molecule has 0 fully saturated rings. The number of rotatable bonds is 4. The van der Waals surface area contributed by atoms with Crippen molar-refractivity contribution in [2.45, 2.75) is 6.92 Å². The lowest BCUT2D eigenvalue weighted by Gasteiger charge is -2.13. The van der Waals surface area contributed by atoms with Crippen LogP contribution in [0.15, 0.2) is 40.9 Å². The van der Waals surface area contributed by atoms with Gasteiger partial charge >= 0.3 is 5.97 Å². The number of nitrogens with one attached hydrogen (secondary N) is 2. The molecule has 1 amide bonds. The number of anilines is 1. The minimum atomic E-state index is -1.01. The van der Waals surface area contributed by atoms with E-state index in [1.165, 1.54) is 19.2 Å². The van der Waals surface area contributed by atoms with E-state index >= 15 is 0 Å². The minimum absolute atomic E-state index is 0.0956. The Balaban J connectivity index is 2.11. The summed E-state index contributed by atoms with van der Waals surface area (Å²) in [5.41, 5.74) is 1.81. The molecular weight excluding hydrogens is 408 g/mol. The van der Waals surface area contributed by atoms with E-state index in [9.17, 15) is 9.59 Å². The van der Waals surface area contributed by atoms with Crippen LogP contribution in [-0.4, -0.2) is 29.2 Å². The maximum Gasteiger partial charge on any atom is 0.335 e. The normalized spacial score (nSPS) is 10.0. The van der Waals surface area contributed by atoms with Gasteiger partial charge in [0, 0.05) is 10.2 Å². The van der Waals surface area contributed by atoms with Crippen LogP contribution in [0.1, 0.15) is 26.3 Å². The molecule has 0 unspecified atom stereocenters. The van der Waals surface area contributed by atoms with Gasteiger partial charge in [-0.1, -0.05) is 15.9 Å². The van der Waals surface area contributed by atoms with Gasteiger partial charge in [-0.15, -0.1) is 0 Å². The molecule has 3 N–H and O–H groups in total. The third-order valence-electron chi connectivity index (χ3n) is 3.35. The Bertz CT molecular complexity index is 855. The van der Waals surface area contributed by atoms with Gasteiger partial charge in [0.15, 0.2) is 5.11 Å². The van der Waals surface area contributed by atoms with Gasteiger partial charge in [-0.25, -0.2) is 4.79 Å². The summed E-state index contributed by atoms with van der Waals surface area (Å²) >= 11 is 8.47. The topological polar surface area (TPSA) is 87.7 Å². The van der Waals surface area contributed by atoms with Gasteiger partial charge in [-0.3, -0.25) is 10.1 Å². The molecule has 0 aliphatic heterocycles. The molecule has 8 heteroatoms. The third kappa shape index (κ3) is 4.77. The van der Waals surface area contributed by atoms with Crippen LogP contribution in [-0.2, 0) is 0 Å². The van der Waals surface area contributed by atoms with E-state index in [2.05, 4.69) is 26.6 Å². The van der Waals surface area contributed by atoms with Gasteiger partial charge < -0.3 is 15.2 Å². The second kappa shape index (κ2) is 8.09. The van der Waals surface area contributed by atoms with Crippen molar-refractivity contribution in [1.82, 2.24) is 5.32 Å². The second-order valence-corrected chi connectivity index (χ2v) is 6.41. The summed E-state index contributed by atoms with van der Waals surface area (Å²) in [6.45, 7) is 1.75. The largest absolute Gasteiger partial charge is 0.496 e. The molecule has 0 radical (unpaired) electrons. The van der Waals surface area contributed by atoms with Gasteiger partial charge in [0.2, 0.25) is 0 Å². The van der Waals surface area contributed by atoms with Crippen LogP contribution in [0.25, 0.3) is 0 Å². The first-order chi connectivity index (χ1) is 11.8. The Morgan fingerprint density at radius 3 is 2.52 bits per heavy atom. The zero-order valence-corrected chi connectivity index (χ0v) is 15.8. The summed E-state index contributed by atoms with van der Waals surface area (Å²) < 4.78 is 5.91. The number of ether oxygens (including phenoxy) is 1. The fourth-order valence-electron chi connectivity index (χ4n) is 2.12. The zero-order chi connectivity index (χ0) is 18.6. The number of carboxylic acid groups (broad SMARTS) is 1. The Hall–Kier alpha value is -2.45. The highest BCUT2D eigenvalue weighted by Gasteiger charge is 2.15. The minimum Gasteiger partial charge on any atom is -0.496 e. The van der Waals surface area contributed by atoms with E-state index in [4.69, 9.17) is 22.1 Å². The predicted molar refractivity (Wildman–Crippen MR) is 103 cm³/mol. The summed E-state index contributed by atoms with van der Waals surface area (Å²) in [5.74, 6) is -1.01. The molecule has 130 valence electrons. The number of hydrogen-bond acceptors (Lipinski definition) is 4. The molecule has 0 saturated heterocycles. The van der Waals surface area contributed by atoms with Crippen LogP contribution in [0.2, 0.25) is 0 Å². The van der Waals surface area contributed by atoms with E-state index in [-0.39, 0.29) is 10.7 Å². The number of hydrogen-bond donors (Lipinski definition) is 3. The number of thiocarbonyl (C=S) groups is 1. The number of carboxylic acids is 1. The van der Waals surface area contributed by atoms with Gasteiger partial charge in [0.05, 0.1) is 18.2 Å². The first-order valence-corrected chi connectivity index (χ1v) is 8.31. The SMILES string of the molecule is COc1ccc(Br)cc1C(=O)NC(=S)Nc1ccc(C(=O)O)cc1C. The Morgan fingerprint density at radius 2 is 1.92 bits per heavy atom. The highest BCUT2D eigenvalue weighted by atomic mass is 79.9. The standard InChI is InChI=1S/C17H15BrN2O4S/c1-9-7-10(16(22)23)3-5-13(9)19-17(25)20-15(21)12-8-11(18)4-6-14(12)24-2/h3-8H,1-2H3,(H,22,23)(H2,19,20,21,25). The van der Waals surface area contributed by atoms with Crippen molar-refractivity contribution >= 4 is 50.8 Å². The zero-order valence-electron chi connectivity index (χ0n) is 13.4. The van der Waals surface area contributed by atoms with Crippen molar-refractivity contribution in [3.8, 4) is 5.75 Å². The molecule has 2 aromatic carbocycles. The van der Waals surface area contributed by atoms with Crippen LogP contribution in [0, 0.1) is 6.92 Å². The van der Waals surface area contributed by atoms with Crippen LogP contribution < -0.4 is 15.4 Å². The van der Waals surface area contributed by atoms with Crippen LogP contribution in [0.3, 0.4) is 0 Å². The smallest absolute Gasteiger partial charge is 0.335 e. The van der Waals surface area contributed by atoms with Gasteiger partial charge in [-0.05, 0) is 61.1 Å². The summed E-state index contributed by atoms with van der Waals surface area (Å²) in [4.78, 5) is 23.3. The van der Waals surface area contributed by atoms with E-state index in [1.54, 1.807) is 31.2 Å². The molecule has 0 saturated carbocycles. The third-order valence-corrected chi connectivity index (χ3v) is 4.05. The first kappa shape index (κ1) is 18.9. The number of carbonyl (C=O) groups is 2. The Labute approximate surface area is 158 Å². The monoisotopic (exact) mass is 422 g/mol. The molecular formula is C17H15BrN2O4S. The molecule has 0 aliphatic rings. The van der Waals surface area contributed by atoms with Crippen molar-refractivity contribution in [2.24, 2.45) is 0 Å². The number of carbonyl (C=O) groups excluding carboxylic acids is 1. The lowest BCUT2D eigenvalue weighted by Crippen LogP contribution is -2.34. The molecule has 2 rings (SSSR count). The lowest BCUT2D eigenvalue weighted by atomic mass is 10.1. The van der Waals surface area contributed by atoms with E-state index in [0.29, 0.717) is 22.6 Å². The number of benzene rings is 2. The highest BCUT2D eigenvalue weighted by molar-refractivity contribution is 9.10. The van der Waals surface area contributed by atoms with Crippen LogP contribution in [0.4, 0.5) is 5.69 Å². The fraction of sp³-hybridized carbons (Fsp3) is 0.118. The number of methoxy groups -OCH3 is 1. The summed E-state index contributed by atoms with van der Waals surface area (Å²) in [7, 11) is 1.48. The van der Waals surface area contributed by atoms with Crippen molar-refractivity contribution in [3.63, 3.8) is 0 Å².